The van der Waals surface area contributed by atoms with Gasteiger partial charge in [0.2, 0.25) is 5.91 Å². The highest BCUT2D eigenvalue weighted by Crippen LogP contribution is 2.15. The molecule has 0 aliphatic rings. The maximum atomic E-state index is 11.9. The maximum Gasteiger partial charge on any atom is 0.236 e. The normalized spacial score (nSPS) is 12.9. The smallest absolute Gasteiger partial charge is 0.236 e. The standard InChI is InChI=1S/C10H16BrN3O/c1-7(2)9(11)10(15)14(3)6-8-4-12-13-5-8/h4-5,7,9H,6H2,1-3H3,(H,12,13). The Balaban J connectivity index is 2.54. The van der Waals surface area contributed by atoms with Gasteiger partial charge in [-0.3, -0.25) is 9.89 Å². The molecule has 1 atom stereocenters. The van der Waals surface area contributed by atoms with Gasteiger partial charge in [0.1, 0.15) is 0 Å². The number of amides is 1. The molecule has 15 heavy (non-hydrogen) atoms. The summed E-state index contributed by atoms with van der Waals surface area (Å²) in [5.41, 5.74) is 1.01. The third-order valence-electron chi connectivity index (χ3n) is 2.17. The summed E-state index contributed by atoms with van der Waals surface area (Å²) in [7, 11) is 1.80. The summed E-state index contributed by atoms with van der Waals surface area (Å²) in [5, 5.41) is 6.57. The zero-order chi connectivity index (χ0) is 11.4. The lowest BCUT2D eigenvalue weighted by Gasteiger charge is -2.21. The Morgan fingerprint density at radius 1 is 1.67 bits per heavy atom. The van der Waals surface area contributed by atoms with Crippen LogP contribution in [0.2, 0.25) is 0 Å². The van der Waals surface area contributed by atoms with E-state index >= 15 is 0 Å². The van der Waals surface area contributed by atoms with Crippen molar-refractivity contribution in [1.29, 1.82) is 0 Å². The molecule has 0 aliphatic heterocycles. The van der Waals surface area contributed by atoms with Crippen LogP contribution >= 0.6 is 15.9 Å². The van der Waals surface area contributed by atoms with E-state index in [0.29, 0.717) is 12.5 Å². The minimum Gasteiger partial charge on any atom is -0.340 e. The molecule has 1 N–H and O–H groups in total. The van der Waals surface area contributed by atoms with Crippen LogP contribution in [0.3, 0.4) is 0 Å². The monoisotopic (exact) mass is 273 g/mol. The molecule has 1 aromatic heterocycles. The number of nitrogens with zero attached hydrogens (tertiary/aromatic N) is 2. The quantitative estimate of drug-likeness (QED) is 0.851. The lowest BCUT2D eigenvalue weighted by Crippen LogP contribution is -2.35. The van der Waals surface area contributed by atoms with Gasteiger partial charge in [0.15, 0.2) is 0 Å². The van der Waals surface area contributed by atoms with Crippen molar-refractivity contribution in [3.8, 4) is 0 Å². The van der Waals surface area contributed by atoms with E-state index in [1.807, 2.05) is 13.8 Å². The van der Waals surface area contributed by atoms with Gasteiger partial charge in [0.05, 0.1) is 11.0 Å². The highest BCUT2D eigenvalue weighted by atomic mass is 79.9. The molecule has 1 unspecified atom stereocenters. The van der Waals surface area contributed by atoms with E-state index in [4.69, 9.17) is 0 Å². The third kappa shape index (κ3) is 3.34. The Bertz CT molecular complexity index is 310. The number of halogens is 1. The summed E-state index contributed by atoms with van der Waals surface area (Å²) in [5.74, 6) is 0.399. The summed E-state index contributed by atoms with van der Waals surface area (Å²) < 4.78 is 0. The molecule has 0 fully saturated rings. The second-order valence-corrected chi connectivity index (χ2v) is 4.93. The zero-order valence-corrected chi connectivity index (χ0v) is 10.8. The van der Waals surface area contributed by atoms with Gasteiger partial charge in [-0.05, 0) is 5.92 Å². The molecule has 5 heteroatoms. The molecule has 1 aromatic rings. The first-order valence-corrected chi connectivity index (χ1v) is 5.80. The number of carbonyl (C=O) groups is 1. The van der Waals surface area contributed by atoms with Gasteiger partial charge in [-0.25, -0.2) is 0 Å². The van der Waals surface area contributed by atoms with Gasteiger partial charge in [-0.1, -0.05) is 29.8 Å². The van der Waals surface area contributed by atoms with Crippen molar-refractivity contribution in [2.24, 2.45) is 5.92 Å². The molecule has 4 nitrogen and oxygen atoms in total. The predicted molar refractivity (Wildman–Crippen MR) is 62.6 cm³/mol. The number of hydrogen-bond donors (Lipinski definition) is 1. The number of rotatable bonds is 4. The van der Waals surface area contributed by atoms with E-state index in [0.717, 1.165) is 5.56 Å². The van der Waals surface area contributed by atoms with Crippen LogP contribution in [0.25, 0.3) is 0 Å². The molecule has 0 aliphatic carbocycles. The summed E-state index contributed by atoms with van der Waals surface area (Å²) in [4.78, 5) is 13.4. The van der Waals surface area contributed by atoms with Crippen molar-refractivity contribution < 1.29 is 4.79 Å². The Labute approximate surface area is 98.2 Å². The van der Waals surface area contributed by atoms with E-state index in [1.165, 1.54) is 0 Å². The van der Waals surface area contributed by atoms with Crippen LogP contribution in [0, 0.1) is 5.92 Å². The Hall–Kier alpha value is -0.840. The first kappa shape index (κ1) is 12.2. The molecule has 0 saturated heterocycles. The number of aromatic nitrogens is 2. The average Bonchev–Trinajstić information content (AvgIpc) is 2.67. The number of H-pyrrole nitrogens is 1. The molecule has 1 heterocycles. The van der Waals surface area contributed by atoms with Crippen molar-refractivity contribution in [2.75, 3.05) is 7.05 Å². The highest BCUT2D eigenvalue weighted by molar-refractivity contribution is 9.10. The van der Waals surface area contributed by atoms with Gasteiger partial charge in [-0.2, -0.15) is 5.10 Å². The molecule has 1 amide bonds. The largest absolute Gasteiger partial charge is 0.340 e. The molecule has 1 rings (SSSR count). The van der Waals surface area contributed by atoms with E-state index in [2.05, 4.69) is 26.1 Å². The highest BCUT2D eigenvalue weighted by Gasteiger charge is 2.22. The topological polar surface area (TPSA) is 49.0 Å². The summed E-state index contributed by atoms with van der Waals surface area (Å²) >= 11 is 3.40. The Morgan fingerprint density at radius 3 is 2.80 bits per heavy atom. The Kier molecular flexibility index (Phi) is 4.32. The zero-order valence-electron chi connectivity index (χ0n) is 9.20. The fourth-order valence-corrected chi connectivity index (χ4v) is 1.56. The number of carbonyl (C=O) groups excluding carboxylic acids is 1. The van der Waals surface area contributed by atoms with E-state index in [-0.39, 0.29) is 10.7 Å². The van der Waals surface area contributed by atoms with Crippen molar-refractivity contribution >= 4 is 21.8 Å². The average molecular weight is 274 g/mol. The molecule has 0 bridgehead atoms. The summed E-state index contributed by atoms with van der Waals surface area (Å²) in [6, 6.07) is 0. The van der Waals surface area contributed by atoms with Crippen LogP contribution in [0.15, 0.2) is 12.4 Å². The molecule has 0 aromatic carbocycles. The van der Waals surface area contributed by atoms with Crippen LogP contribution in [-0.2, 0) is 11.3 Å². The third-order valence-corrected chi connectivity index (χ3v) is 3.62. The summed E-state index contributed by atoms with van der Waals surface area (Å²) in [6.07, 6.45) is 3.52. The van der Waals surface area contributed by atoms with Crippen LogP contribution in [0.5, 0.6) is 0 Å². The lowest BCUT2D eigenvalue weighted by molar-refractivity contribution is -0.130. The lowest BCUT2D eigenvalue weighted by atomic mass is 10.1. The fourth-order valence-electron chi connectivity index (χ4n) is 1.21. The summed E-state index contributed by atoms with van der Waals surface area (Å²) in [6.45, 7) is 4.62. The number of nitrogens with one attached hydrogen (secondary N) is 1. The van der Waals surface area contributed by atoms with Crippen LogP contribution in [0.4, 0.5) is 0 Å². The fraction of sp³-hybridized carbons (Fsp3) is 0.600. The Morgan fingerprint density at radius 2 is 2.33 bits per heavy atom. The molecule has 0 radical (unpaired) electrons. The van der Waals surface area contributed by atoms with Crippen molar-refractivity contribution in [3.63, 3.8) is 0 Å². The van der Waals surface area contributed by atoms with E-state index < -0.39 is 0 Å². The molecule has 84 valence electrons. The molecule has 0 spiro atoms. The van der Waals surface area contributed by atoms with Gasteiger partial charge in [-0.15, -0.1) is 0 Å². The van der Waals surface area contributed by atoms with Crippen LogP contribution in [-0.4, -0.2) is 32.9 Å². The SMILES string of the molecule is CC(C)C(Br)C(=O)N(C)Cc1cn[nH]c1. The van der Waals surface area contributed by atoms with Crippen molar-refractivity contribution in [1.82, 2.24) is 15.1 Å². The number of aromatic amines is 1. The first-order valence-electron chi connectivity index (χ1n) is 4.89. The number of alkyl halides is 1. The minimum absolute atomic E-state index is 0.103. The van der Waals surface area contributed by atoms with Crippen molar-refractivity contribution in [3.05, 3.63) is 18.0 Å². The van der Waals surface area contributed by atoms with E-state index in [1.54, 1.807) is 24.3 Å². The van der Waals surface area contributed by atoms with Gasteiger partial charge in [0.25, 0.3) is 0 Å². The van der Waals surface area contributed by atoms with Gasteiger partial charge < -0.3 is 4.90 Å². The van der Waals surface area contributed by atoms with Crippen LogP contribution in [0.1, 0.15) is 19.4 Å². The first-order chi connectivity index (χ1) is 7.02. The molecular weight excluding hydrogens is 258 g/mol. The van der Waals surface area contributed by atoms with Crippen molar-refractivity contribution in [2.45, 2.75) is 25.2 Å². The number of hydrogen-bond acceptors (Lipinski definition) is 2. The predicted octanol–water partition coefficient (Wildman–Crippen LogP) is 1.79. The van der Waals surface area contributed by atoms with Gasteiger partial charge >= 0.3 is 0 Å². The molecular formula is C10H16BrN3O. The van der Waals surface area contributed by atoms with Crippen LogP contribution < -0.4 is 0 Å². The minimum atomic E-state index is -0.116. The van der Waals surface area contributed by atoms with E-state index in [9.17, 15) is 4.79 Å². The second-order valence-electron chi connectivity index (χ2n) is 3.95. The second kappa shape index (κ2) is 5.30. The molecule has 0 saturated carbocycles. The van der Waals surface area contributed by atoms with Gasteiger partial charge in [0, 0.05) is 25.4 Å². The maximum absolute atomic E-state index is 11.9.